The summed E-state index contributed by atoms with van der Waals surface area (Å²) in [6, 6.07) is 5.84. The second-order valence-corrected chi connectivity index (χ2v) is 3.99. The molecule has 0 atom stereocenters. The van der Waals surface area contributed by atoms with Gasteiger partial charge >= 0.3 is 0 Å². The summed E-state index contributed by atoms with van der Waals surface area (Å²) in [5.74, 6) is 6.75. The number of rotatable bonds is 3. The van der Waals surface area contributed by atoms with Crippen LogP contribution in [0.4, 0.5) is 5.82 Å². The van der Waals surface area contributed by atoms with Gasteiger partial charge in [-0.25, -0.2) is 15.8 Å². The summed E-state index contributed by atoms with van der Waals surface area (Å²) in [7, 11) is 0. The molecule has 2 rings (SSSR count). The molecule has 2 aromatic heterocycles. The van der Waals surface area contributed by atoms with Crippen molar-refractivity contribution in [2.75, 3.05) is 5.43 Å². The van der Waals surface area contributed by atoms with Gasteiger partial charge in [-0.2, -0.15) is 0 Å². The highest BCUT2D eigenvalue weighted by Crippen LogP contribution is 2.22. The summed E-state index contributed by atoms with van der Waals surface area (Å²) in [4.78, 5) is 9.81. The van der Waals surface area contributed by atoms with E-state index >= 15 is 0 Å². The van der Waals surface area contributed by atoms with E-state index in [-0.39, 0.29) is 0 Å². The molecule has 0 saturated carbocycles. The molecule has 0 aliphatic rings. The first-order chi connectivity index (χ1) is 7.33. The van der Waals surface area contributed by atoms with E-state index in [2.05, 4.69) is 22.3 Å². The van der Waals surface area contributed by atoms with Crippen molar-refractivity contribution < 1.29 is 0 Å². The predicted molar refractivity (Wildman–Crippen MR) is 62.5 cm³/mol. The first-order valence-electron chi connectivity index (χ1n) is 4.72. The Hall–Kier alpha value is -1.46. The molecule has 0 spiro atoms. The van der Waals surface area contributed by atoms with Crippen LogP contribution in [-0.2, 0) is 6.42 Å². The Morgan fingerprint density at radius 2 is 2.33 bits per heavy atom. The zero-order valence-corrected chi connectivity index (χ0v) is 9.21. The van der Waals surface area contributed by atoms with Crippen LogP contribution in [0.5, 0.6) is 0 Å². The topological polar surface area (TPSA) is 63.8 Å². The maximum atomic E-state index is 5.36. The van der Waals surface area contributed by atoms with Gasteiger partial charge in [-0.1, -0.05) is 13.0 Å². The van der Waals surface area contributed by atoms with E-state index in [0.29, 0.717) is 5.82 Å². The average molecular weight is 220 g/mol. The first kappa shape index (κ1) is 10.1. The number of anilines is 1. The van der Waals surface area contributed by atoms with Crippen molar-refractivity contribution in [3.05, 3.63) is 29.3 Å². The van der Waals surface area contributed by atoms with Gasteiger partial charge in [-0.15, -0.1) is 11.3 Å². The molecule has 78 valence electrons. The Kier molecular flexibility index (Phi) is 2.94. The summed E-state index contributed by atoms with van der Waals surface area (Å²) in [5, 5.41) is 2.01. The monoisotopic (exact) mass is 220 g/mol. The van der Waals surface area contributed by atoms with E-state index in [1.165, 1.54) is 0 Å². The number of nitrogens with zero attached hydrogens (tertiary/aromatic N) is 2. The van der Waals surface area contributed by atoms with E-state index in [4.69, 9.17) is 5.84 Å². The molecule has 0 amide bonds. The van der Waals surface area contributed by atoms with Gasteiger partial charge in [0, 0.05) is 11.8 Å². The Bertz CT molecular complexity index is 416. The van der Waals surface area contributed by atoms with Gasteiger partial charge in [-0.3, -0.25) is 0 Å². The Balaban J connectivity index is 2.47. The Morgan fingerprint density at radius 3 is 2.93 bits per heavy atom. The third-order valence-electron chi connectivity index (χ3n) is 2.03. The number of nitrogen functional groups attached to an aromatic ring is 1. The minimum atomic E-state index is 0.658. The number of aryl methyl sites for hydroxylation is 1. The maximum absolute atomic E-state index is 5.36. The van der Waals surface area contributed by atoms with Gasteiger partial charge in [0.15, 0.2) is 5.82 Å². The highest BCUT2D eigenvalue weighted by molar-refractivity contribution is 7.13. The van der Waals surface area contributed by atoms with Crippen LogP contribution >= 0.6 is 11.3 Å². The smallest absolute Gasteiger partial charge is 0.171 e. The normalized spacial score (nSPS) is 10.3. The van der Waals surface area contributed by atoms with Crippen LogP contribution < -0.4 is 11.3 Å². The molecular weight excluding hydrogens is 208 g/mol. The Morgan fingerprint density at radius 1 is 1.47 bits per heavy atom. The quantitative estimate of drug-likeness (QED) is 0.614. The molecule has 0 radical (unpaired) electrons. The van der Waals surface area contributed by atoms with E-state index in [1.54, 1.807) is 11.3 Å². The fourth-order valence-electron chi connectivity index (χ4n) is 1.27. The van der Waals surface area contributed by atoms with E-state index in [9.17, 15) is 0 Å². The third-order valence-corrected chi connectivity index (χ3v) is 2.90. The van der Waals surface area contributed by atoms with Crippen molar-refractivity contribution in [3.8, 4) is 10.7 Å². The lowest BCUT2D eigenvalue weighted by molar-refractivity contribution is 1.00. The fraction of sp³-hybridized carbons (Fsp3) is 0.200. The van der Waals surface area contributed by atoms with Gasteiger partial charge in [-0.05, 0) is 17.9 Å². The van der Waals surface area contributed by atoms with Crippen LogP contribution in [0.1, 0.15) is 12.6 Å². The first-order valence-corrected chi connectivity index (χ1v) is 5.60. The molecule has 2 heterocycles. The number of hydrazine groups is 1. The lowest BCUT2D eigenvalue weighted by atomic mass is 10.3. The van der Waals surface area contributed by atoms with Crippen LogP contribution in [0, 0.1) is 0 Å². The van der Waals surface area contributed by atoms with Crippen molar-refractivity contribution in [1.82, 2.24) is 9.97 Å². The van der Waals surface area contributed by atoms with E-state index in [0.717, 1.165) is 22.8 Å². The van der Waals surface area contributed by atoms with Gasteiger partial charge in [0.1, 0.15) is 5.82 Å². The second kappa shape index (κ2) is 4.37. The standard InChI is InChI=1S/C10H12N4S/c1-2-7-6-9(14-11)13-10(12-7)8-4-3-5-15-8/h3-6H,2,11H2,1H3,(H,12,13,14). The van der Waals surface area contributed by atoms with Gasteiger partial charge < -0.3 is 5.43 Å². The zero-order chi connectivity index (χ0) is 10.7. The molecule has 0 saturated heterocycles. The molecule has 0 bridgehead atoms. The fourth-order valence-corrected chi connectivity index (χ4v) is 1.93. The molecule has 0 fully saturated rings. The summed E-state index contributed by atoms with van der Waals surface area (Å²) in [5.41, 5.74) is 3.54. The van der Waals surface area contributed by atoms with Gasteiger partial charge in [0.2, 0.25) is 0 Å². The minimum absolute atomic E-state index is 0.658. The molecule has 5 heteroatoms. The lowest BCUT2D eigenvalue weighted by Crippen LogP contribution is -2.10. The van der Waals surface area contributed by atoms with Crippen molar-refractivity contribution >= 4 is 17.2 Å². The number of nitrogens with one attached hydrogen (secondary N) is 1. The molecule has 0 aromatic carbocycles. The summed E-state index contributed by atoms with van der Waals surface area (Å²) in [6.07, 6.45) is 0.871. The summed E-state index contributed by atoms with van der Waals surface area (Å²) < 4.78 is 0. The minimum Gasteiger partial charge on any atom is -0.308 e. The average Bonchev–Trinajstić information content (AvgIpc) is 2.81. The maximum Gasteiger partial charge on any atom is 0.171 e. The van der Waals surface area contributed by atoms with Crippen molar-refractivity contribution in [2.45, 2.75) is 13.3 Å². The molecule has 0 aliphatic heterocycles. The van der Waals surface area contributed by atoms with Crippen molar-refractivity contribution in [1.29, 1.82) is 0 Å². The number of hydrogen-bond acceptors (Lipinski definition) is 5. The largest absolute Gasteiger partial charge is 0.308 e. The third kappa shape index (κ3) is 2.14. The second-order valence-electron chi connectivity index (χ2n) is 3.04. The molecule has 2 aromatic rings. The van der Waals surface area contributed by atoms with Crippen LogP contribution in [-0.4, -0.2) is 9.97 Å². The predicted octanol–water partition coefficient (Wildman–Crippen LogP) is 2.05. The highest BCUT2D eigenvalue weighted by atomic mass is 32.1. The number of aromatic nitrogens is 2. The highest BCUT2D eigenvalue weighted by Gasteiger charge is 2.05. The molecule has 15 heavy (non-hydrogen) atoms. The van der Waals surface area contributed by atoms with E-state index in [1.807, 2.05) is 23.6 Å². The lowest BCUT2D eigenvalue weighted by Gasteiger charge is -2.04. The van der Waals surface area contributed by atoms with Gasteiger partial charge in [0.25, 0.3) is 0 Å². The van der Waals surface area contributed by atoms with Crippen LogP contribution in [0.2, 0.25) is 0 Å². The molecule has 0 aliphatic carbocycles. The van der Waals surface area contributed by atoms with E-state index < -0.39 is 0 Å². The SMILES string of the molecule is CCc1cc(NN)nc(-c2cccs2)n1. The molecule has 4 nitrogen and oxygen atoms in total. The number of hydrogen-bond donors (Lipinski definition) is 2. The molecular formula is C10H12N4S. The number of nitrogens with two attached hydrogens (primary N) is 1. The molecule has 3 N–H and O–H groups in total. The van der Waals surface area contributed by atoms with Crippen LogP contribution in [0.15, 0.2) is 23.6 Å². The van der Waals surface area contributed by atoms with Crippen LogP contribution in [0.25, 0.3) is 10.7 Å². The zero-order valence-electron chi connectivity index (χ0n) is 8.40. The summed E-state index contributed by atoms with van der Waals surface area (Å²) in [6.45, 7) is 2.06. The Labute approximate surface area is 92.2 Å². The van der Waals surface area contributed by atoms with Crippen LogP contribution in [0.3, 0.4) is 0 Å². The number of thiophene rings is 1. The van der Waals surface area contributed by atoms with Crippen molar-refractivity contribution in [2.24, 2.45) is 5.84 Å². The van der Waals surface area contributed by atoms with Gasteiger partial charge in [0.05, 0.1) is 4.88 Å². The van der Waals surface area contributed by atoms with Crippen molar-refractivity contribution in [3.63, 3.8) is 0 Å². The molecule has 0 unspecified atom stereocenters. The summed E-state index contributed by atoms with van der Waals surface area (Å²) >= 11 is 1.62.